The third kappa shape index (κ3) is 4.90. The zero-order valence-corrected chi connectivity index (χ0v) is 19.9. The van der Waals surface area contributed by atoms with Gasteiger partial charge in [0.15, 0.2) is 10.9 Å². The second-order valence-corrected chi connectivity index (χ2v) is 11.4. The molecule has 0 N–H and O–H groups in total. The Kier molecular flexibility index (Phi) is 6.36. The highest BCUT2D eigenvalue weighted by atomic mass is 32.2. The van der Waals surface area contributed by atoms with E-state index in [9.17, 15) is 13.2 Å². The lowest BCUT2D eigenvalue weighted by Gasteiger charge is -2.15. The summed E-state index contributed by atoms with van der Waals surface area (Å²) in [6.45, 7) is 1.80. The third-order valence-corrected chi connectivity index (χ3v) is 8.96. The topological polar surface area (TPSA) is 85.2 Å². The fourth-order valence-electron chi connectivity index (χ4n) is 4.07. The van der Waals surface area contributed by atoms with Crippen molar-refractivity contribution in [2.75, 3.05) is 18.8 Å². The summed E-state index contributed by atoms with van der Waals surface area (Å²) in [7, 11) is -3.48. The molecule has 0 spiro atoms. The molecule has 172 valence electrons. The normalized spacial score (nSPS) is 16.8. The van der Waals surface area contributed by atoms with Crippen LogP contribution >= 0.6 is 11.8 Å². The molecule has 2 aromatic carbocycles. The van der Waals surface area contributed by atoms with E-state index in [0.29, 0.717) is 31.1 Å². The lowest BCUT2D eigenvalue weighted by atomic mass is 10.1. The Hall–Kier alpha value is -2.49. The molecule has 2 fully saturated rings. The number of aromatic nitrogens is 3. The van der Waals surface area contributed by atoms with Crippen LogP contribution < -0.4 is 0 Å². The molecule has 2 aliphatic rings. The molecule has 2 heterocycles. The van der Waals surface area contributed by atoms with Crippen LogP contribution in [0.4, 0.5) is 0 Å². The van der Waals surface area contributed by atoms with Gasteiger partial charge in [0.2, 0.25) is 10.0 Å². The maximum Gasteiger partial charge on any atom is 0.243 e. The minimum Gasteiger partial charge on any atom is -0.301 e. The summed E-state index contributed by atoms with van der Waals surface area (Å²) in [4.78, 5) is 13.1. The zero-order valence-electron chi connectivity index (χ0n) is 18.3. The van der Waals surface area contributed by atoms with Gasteiger partial charge in [0.1, 0.15) is 5.82 Å². The Morgan fingerprint density at radius 1 is 0.970 bits per heavy atom. The number of benzene rings is 2. The van der Waals surface area contributed by atoms with Crippen molar-refractivity contribution in [2.24, 2.45) is 0 Å². The van der Waals surface area contributed by atoms with Crippen molar-refractivity contribution in [3.8, 4) is 0 Å². The van der Waals surface area contributed by atoms with E-state index in [0.717, 1.165) is 36.7 Å². The minimum absolute atomic E-state index is 0.0626. The molecule has 0 unspecified atom stereocenters. The lowest BCUT2D eigenvalue weighted by Crippen LogP contribution is -2.27. The number of nitrogens with zero attached hydrogens (tertiary/aromatic N) is 4. The van der Waals surface area contributed by atoms with Gasteiger partial charge in [0.25, 0.3) is 0 Å². The molecule has 1 aliphatic carbocycles. The standard InChI is InChI=1S/C24H26N4O3S2/c29-22(19-10-12-21(13-11-19)33(30,31)27-14-4-5-15-27)17-32-24-26-25-23(20-8-9-20)28(24)16-18-6-2-1-3-7-18/h1-3,6-7,10-13,20H,4-5,8-9,14-17H2. The van der Waals surface area contributed by atoms with Crippen LogP contribution in [-0.2, 0) is 16.6 Å². The van der Waals surface area contributed by atoms with Gasteiger partial charge in [-0.1, -0.05) is 54.2 Å². The molecule has 33 heavy (non-hydrogen) atoms. The van der Waals surface area contributed by atoms with Crippen molar-refractivity contribution in [3.05, 3.63) is 71.5 Å². The Morgan fingerprint density at radius 3 is 2.33 bits per heavy atom. The molecule has 3 aromatic rings. The van der Waals surface area contributed by atoms with E-state index in [1.807, 2.05) is 18.2 Å². The predicted molar refractivity (Wildman–Crippen MR) is 127 cm³/mol. The highest BCUT2D eigenvalue weighted by Gasteiger charge is 2.31. The van der Waals surface area contributed by atoms with Gasteiger partial charge < -0.3 is 4.57 Å². The monoisotopic (exact) mass is 482 g/mol. The molecule has 5 rings (SSSR count). The number of carbonyl (C=O) groups excluding carboxylic acids is 1. The van der Waals surface area contributed by atoms with Crippen molar-refractivity contribution in [1.29, 1.82) is 0 Å². The molecule has 7 nitrogen and oxygen atoms in total. The number of sulfonamides is 1. The van der Waals surface area contributed by atoms with Crippen LogP contribution in [0.1, 0.15) is 53.3 Å². The van der Waals surface area contributed by atoms with E-state index >= 15 is 0 Å². The van der Waals surface area contributed by atoms with Gasteiger partial charge in [-0.15, -0.1) is 10.2 Å². The van der Waals surface area contributed by atoms with E-state index in [1.165, 1.54) is 33.8 Å². The van der Waals surface area contributed by atoms with Crippen molar-refractivity contribution in [2.45, 2.75) is 48.2 Å². The summed E-state index contributed by atoms with van der Waals surface area (Å²) in [5.41, 5.74) is 1.67. The van der Waals surface area contributed by atoms with Gasteiger partial charge in [-0.05, 0) is 43.4 Å². The van der Waals surface area contributed by atoms with Crippen LogP contribution in [0.2, 0.25) is 0 Å². The van der Waals surface area contributed by atoms with Crippen LogP contribution in [0.25, 0.3) is 0 Å². The summed E-state index contributed by atoms with van der Waals surface area (Å²) >= 11 is 1.38. The van der Waals surface area contributed by atoms with E-state index in [1.54, 1.807) is 12.1 Å². The smallest absolute Gasteiger partial charge is 0.243 e. The number of hydrogen-bond donors (Lipinski definition) is 0. The maximum absolute atomic E-state index is 12.8. The SMILES string of the molecule is O=C(CSc1nnc(C2CC2)n1Cc1ccccc1)c1ccc(S(=O)(=O)N2CCCC2)cc1. The average molecular weight is 483 g/mol. The molecule has 0 radical (unpaired) electrons. The molecule has 0 amide bonds. The highest BCUT2D eigenvalue weighted by molar-refractivity contribution is 7.99. The molecule has 0 atom stereocenters. The first-order valence-corrected chi connectivity index (χ1v) is 13.7. The minimum atomic E-state index is -3.48. The number of Topliss-reactive ketones (excluding diaryl/α,β-unsaturated/α-hetero) is 1. The van der Waals surface area contributed by atoms with E-state index < -0.39 is 10.0 Å². The predicted octanol–water partition coefficient (Wildman–Crippen LogP) is 3.96. The van der Waals surface area contributed by atoms with Gasteiger partial charge in [-0.2, -0.15) is 4.31 Å². The summed E-state index contributed by atoms with van der Waals surface area (Å²) in [5.74, 6) is 1.60. The largest absolute Gasteiger partial charge is 0.301 e. The van der Waals surface area contributed by atoms with Gasteiger partial charge in [0, 0.05) is 24.6 Å². The lowest BCUT2D eigenvalue weighted by molar-refractivity contribution is 0.102. The van der Waals surface area contributed by atoms with Crippen LogP contribution in [-0.4, -0.2) is 52.1 Å². The number of hydrogen-bond acceptors (Lipinski definition) is 6. The van der Waals surface area contributed by atoms with Gasteiger partial charge in [0.05, 0.1) is 17.2 Å². The highest BCUT2D eigenvalue weighted by Crippen LogP contribution is 2.40. The van der Waals surface area contributed by atoms with Crippen molar-refractivity contribution < 1.29 is 13.2 Å². The van der Waals surface area contributed by atoms with Gasteiger partial charge >= 0.3 is 0 Å². The molecular weight excluding hydrogens is 456 g/mol. The van der Waals surface area contributed by atoms with Crippen molar-refractivity contribution in [1.82, 2.24) is 19.1 Å². The van der Waals surface area contributed by atoms with Crippen molar-refractivity contribution in [3.63, 3.8) is 0 Å². The summed E-state index contributed by atoms with van der Waals surface area (Å²) in [6.07, 6.45) is 4.04. The van der Waals surface area contributed by atoms with Crippen LogP contribution in [0.15, 0.2) is 64.6 Å². The van der Waals surface area contributed by atoms with Crippen LogP contribution in [0.3, 0.4) is 0 Å². The zero-order chi connectivity index (χ0) is 22.8. The second kappa shape index (κ2) is 9.40. The Labute approximate surface area is 198 Å². The summed E-state index contributed by atoms with van der Waals surface area (Å²) in [5, 5.41) is 9.52. The average Bonchev–Trinajstić information content (AvgIpc) is 3.36. The fourth-order valence-corrected chi connectivity index (χ4v) is 6.43. The first-order chi connectivity index (χ1) is 16.0. The molecule has 1 saturated carbocycles. The van der Waals surface area contributed by atoms with E-state index in [2.05, 4.69) is 26.9 Å². The van der Waals surface area contributed by atoms with Crippen molar-refractivity contribution >= 4 is 27.6 Å². The van der Waals surface area contributed by atoms with Gasteiger partial charge in [-0.3, -0.25) is 4.79 Å². The third-order valence-electron chi connectivity index (χ3n) is 6.08. The van der Waals surface area contributed by atoms with E-state index in [-0.39, 0.29) is 16.4 Å². The van der Waals surface area contributed by atoms with Gasteiger partial charge in [-0.25, -0.2) is 8.42 Å². The number of carbonyl (C=O) groups is 1. The first-order valence-electron chi connectivity index (χ1n) is 11.3. The molecule has 1 aromatic heterocycles. The molecular formula is C24H26N4O3S2. The summed E-state index contributed by atoms with van der Waals surface area (Å²) in [6, 6.07) is 16.5. The Morgan fingerprint density at radius 2 is 1.67 bits per heavy atom. The molecule has 1 aliphatic heterocycles. The molecule has 9 heteroatoms. The quantitative estimate of drug-likeness (QED) is 0.339. The van der Waals surface area contributed by atoms with Crippen LogP contribution in [0.5, 0.6) is 0 Å². The molecule has 0 bridgehead atoms. The van der Waals surface area contributed by atoms with Crippen LogP contribution in [0, 0.1) is 0 Å². The Bertz CT molecular complexity index is 1230. The second-order valence-electron chi connectivity index (χ2n) is 8.53. The maximum atomic E-state index is 12.8. The van der Waals surface area contributed by atoms with E-state index in [4.69, 9.17) is 0 Å². The molecule has 1 saturated heterocycles. The first kappa shape index (κ1) is 22.3. The number of rotatable bonds is 9. The summed E-state index contributed by atoms with van der Waals surface area (Å²) < 4.78 is 29.0. The number of ketones is 1. The fraction of sp³-hybridized carbons (Fsp3) is 0.375. The Balaban J connectivity index is 1.27. The number of thioether (sulfide) groups is 1.